The van der Waals surface area contributed by atoms with Crippen molar-refractivity contribution in [3.63, 3.8) is 0 Å². The molecule has 17 heavy (non-hydrogen) atoms. The Labute approximate surface area is 105 Å². The molecule has 0 fully saturated rings. The van der Waals surface area contributed by atoms with Gasteiger partial charge in [-0.25, -0.2) is 4.79 Å². The Morgan fingerprint density at radius 2 is 2.12 bits per heavy atom. The molecule has 0 aromatic heterocycles. The Balaban J connectivity index is 2.67. The van der Waals surface area contributed by atoms with E-state index >= 15 is 0 Å². The summed E-state index contributed by atoms with van der Waals surface area (Å²) in [6, 6.07) is 6.96. The van der Waals surface area contributed by atoms with Gasteiger partial charge in [-0.3, -0.25) is 0 Å². The van der Waals surface area contributed by atoms with Crippen molar-refractivity contribution in [2.24, 2.45) is 0 Å². The average molecular weight is 251 g/mol. The molecule has 0 saturated carbocycles. The van der Waals surface area contributed by atoms with Crippen molar-refractivity contribution in [3.05, 3.63) is 47.2 Å². The number of halogens is 1. The second-order valence-electron chi connectivity index (χ2n) is 3.06. The van der Waals surface area contributed by atoms with E-state index < -0.39 is 12.1 Å². The Morgan fingerprint density at radius 3 is 2.65 bits per heavy atom. The Kier molecular flexibility index (Phi) is 5.12. The summed E-state index contributed by atoms with van der Waals surface area (Å²) >= 11 is 5.76. The van der Waals surface area contributed by atoms with Crippen LogP contribution in [-0.2, 0) is 14.3 Å². The maximum absolute atomic E-state index is 10.8. The van der Waals surface area contributed by atoms with Crippen molar-refractivity contribution in [3.8, 4) is 12.3 Å². The highest BCUT2D eigenvalue weighted by Crippen LogP contribution is 2.19. The Morgan fingerprint density at radius 1 is 1.47 bits per heavy atom. The maximum atomic E-state index is 10.8. The van der Waals surface area contributed by atoms with E-state index in [4.69, 9.17) is 22.8 Å². The number of carbonyl (C=O) groups is 1. The molecule has 0 N–H and O–H groups in total. The summed E-state index contributed by atoms with van der Waals surface area (Å²) in [6.45, 7) is 0. The van der Waals surface area contributed by atoms with Gasteiger partial charge < -0.3 is 9.47 Å². The molecule has 1 aromatic rings. The minimum Gasteiger partial charge on any atom is -0.480 e. The van der Waals surface area contributed by atoms with Crippen molar-refractivity contribution < 1.29 is 14.3 Å². The van der Waals surface area contributed by atoms with Crippen molar-refractivity contribution >= 4 is 17.6 Å². The number of carbonyl (C=O) groups excluding carboxylic acids is 1. The third-order valence-electron chi connectivity index (χ3n) is 1.94. The predicted octanol–water partition coefficient (Wildman–Crippen LogP) is 2.72. The average Bonchev–Trinajstić information content (AvgIpc) is 2.35. The first-order valence-corrected chi connectivity index (χ1v) is 5.16. The van der Waals surface area contributed by atoms with Gasteiger partial charge in [-0.2, -0.15) is 0 Å². The van der Waals surface area contributed by atoms with Crippen LogP contribution in [0.4, 0.5) is 0 Å². The van der Waals surface area contributed by atoms with Crippen molar-refractivity contribution in [1.82, 2.24) is 0 Å². The molecule has 0 spiro atoms. The summed E-state index contributed by atoms with van der Waals surface area (Å²) in [6.07, 6.45) is 7.14. The Bertz CT molecular complexity index is 443. The predicted molar refractivity (Wildman–Crippen MR) is 65.3 cm³/mol. The van der Waals surface area contributed by atoms with Gasteiger partial charge in [-0.1, -0.05) is 29.7 Å². The highest BCUT2D eigenvalue weighted by Gasteiger charge is 2.07. The van der Waals surface area contributed by atoms with Gasteiger partial charge in [0.25, 0.3) is 0 Å². The molecule has 1 aromatic carbocycles. The van der Waals surface area contributed by atoms with Gasteiger partial charge >= 0.3 is 5.97 Å². The molecule has 3 nitrogen and oxygen atoms in total. The molecule has 1 atom stereocenters. The summed E-state index contributed by atoms with van der Waals surface area (Å²) in [5, 5.41) is 0.620. The third kappa shape index (κ3) is 4.21. The maximum Gasteiger partial charge on any atom is 0.333 e. The molecule has 88 valence electrons. The lowest BCUT2D eigenvalue weighted by atomic mass is 10.1. The number of terminal acetylenes is 1. The van der Waals surface area contributed by atoms with Gasteiger partial charge in [0.1, 0.15) is 0 Å². The van der Waals surface area contributed by atoms with E-state index in [2.05, 4.69) is 10.7 Å². The van der Waals surface area contributed by atoms with Gasteiger partial charge in [-0.05, 0) is 12.1 Å². The van der Waals surface area contributed by atoms with Gasteiger partial charge in [0.15, 0.2) is 6.10 Å². The molecule has 0 aliphatic heterocycles. The smallest absolute Gasteiger partial charge is 0.333 e. The van der Waals surface area contributed by atoms with Crippen molar-refractivity contribution in [2.45, 2.75) is 6.10 Å². The van der Waals surface area contributed by atoms with E-state index in [1.165, 1.54) is 13.4 Å². The molecule has 0 bridgehead atoms. The van der Waals surface area contributed by atoms with Crippen LogP contribution in [0.15, 0.2) is 36.6 Å². The van der Waals surface area contributed by atoms with Crippen LogP contribution in [0.25, 0.3) is 0 Å². The first-order valence-electron chi connectivity index (χ1n) is 4.79. The zero-order valence-corrected chi connectivity index (χ0v) is 9.98. The normalized spacial score (nSPS) is 11.8. The van der Waals surface area contributed by atoms with Crippen molar-refractivity contribution in [2.75, 3.05) is 7.11 Å². The third-order valence-corrected chi connectivity index (χ3v) is 2.20. The minimum atomic E-state index is -0.562. The SMILES string of the molecule is C#CC(O/C=C/C(=O)OC)c1ccc(Cl)cc1. The highest BCUT2D eigenvalue weighted by atomic mass is 35.5. The molecule has 0 aliphatic carbocycles. The van der Waals surface area contributed by atoms with E-state index in [-0.39, 0.29) is 0 Å². The minimum absolute atomic E-state index is 0.503. The van der Waals surface area contributed by atoms with Crippen molar-refractivity contribution in [1.29, 1.82) is 0 Å². The Hall–Kier alpha value is -1.92. The highest BCUT2D eigenvalue weighted by molar-refractivity contribution is 6.30. The number of ether oxygens (including phenoxy) is 2. The summed E-state index contributed by atoms with van der Waals surface area (Å²) in [7, 11) is 1.28. The molecule has 0 aliphatic rings. The lowest BCUT2D eigenvalue weighted by Crippen LogP contribution is -1.99. The standard InChI is InChI=1S/C13H11ClO3/c1-3-12(17-9-8-13(15)16-2)10-4-6-11(14)7-5-10/h1,4-9,12H,2H3/b9-8+. The molecule has 1 rings (SSSR count). The first kappa shape index (κ1) is 13.1. The molecule has 0 radical (unpaired) electrons. The summed E-state index contributed by atoms with van der Waals surface area (Å²) in [5.41, 5.74) is 0.784. The van der Waals surface area contributed by atoms with E-state index in [1.54, 1.807) is 24.3 Å². The van der Waals surface area contributed by atoms with Crippen LogP contribution in [0.5, 0.6) is 0 Å². The number of benzene rings is 1. The van der Waals surface area contributed by atoms with Crippen LogP contribution in [0.1, 0.15) is 11.7 Å². The van der Waals surface area contributed by atoms with Gasteiger partial charge in [0.2, 0.25) is 0 Å². The van der Waals surface area contributed by atoms with Crippen LogP contribution in [-0.4, -0.2) is 13.1 Å². The quantitative estimate of drug-likeness (QED) is 0.357. The second-order valence-corrected chi connectivity index (χ2v) is 3.50. The topological polar surface area (TPSA) is 35.5 Å². The zero-order valence-electron chi connectivity index (χ0n) is 9.22. The second kappa shape index (κ2) is 6.62. The summed E-state index contributed by atoms with van der Waals surface area (Å²) in [5.74, 6) is 1.96. The molecule has 4 heteroatoms. The van der Waals surface area contributed by atoms with E-state index in [0.717, 1.165) is 11.6 Å². The molecule has 0 heterocycles. The molecule has 1 unspecified atom stereocenters. The van der Waals surface area contributed by atoms with E-state index in [1.807, 2.05) is 0 Å². The number of esters is 1. The number of hydrogen-bond acceptors (Lipinski definition) is 3. The lowest BCUT2D eigenvalue weighted by Gasteiger charge is -2.10. The number of hydrogen-bond donors (Lipinski definition) is 0. The fourth-order valence-electron chi connectivity index (χ4n) is 1.09. The monoisotopic (exact) mass is 250 g/mol. The van der Waals surface area contributed by atoms with E-state index in [9.17, 15) is 4.79 Å². The van der Waals surface area contributed by atoms with Crippen LogP contribution in [0.3, 0.4) is 0 Å². The fourth-order valence-corrected chi connectivity index (χ4v) is 1.22. The molecule has 0 amide bonds. The molecule has 0 saturated heterocycles. The number of methoxy groups -OCH3 is 1. The number of rotatable bonds is 4. The van der Waals surface area contributed by atoms with Crippen LogP contribution in [0.2, 0.25) is 5.02 Å². The largest absolute Gasteiger partial charge is 0.480 e. The molecular formula is C13H11ClO3. The zero-order chi connectivity index (χ0) is 12.7. The molecular weight excluding hydrogens is 240 g/mol. The summed E-state index contributed by atoms with van der Waals surface area (Å²) < 4.78 is 9.64. The van der Waals surface area contributed by atoms with Crippen LogP contribution >= 0.6 is 11.6 Å². The van der Waals surface area contributed by atoms with Crippen LogP contribution < -0.4 is 0 Å². The van der Waals surface area contributed by atoms with Crippen LogP contribution in [0, 0.1) is 12.3 Å². The van der Waals surface area contributed by atoms with E-state index in [0.29, 0.717) is 5.02 Å². The summed E-state index contributed by atoms with van der Waals surface area (Å²) in [4.78, 5) is 10.8. The first-order chi connectivity index (χ1) is 8.17. The lowest BCUT2D eigenvalue weighted by molar-refractivity contribution is -0.135. The van der Waals surface area contributed by atoms with Gasteiger partial charge in [-0.15, -0.1) is 6.42 Å². The van der Waals surface area contributed by atoms with Gasteiger partial charge in [0.05, 0.1) is 19.4 Å². The van der Waals surface area contributed by atoms with Gasteiger partial charge in [0, 0.05) is 10.6 Å². The fraction of sp³-hybridized carbons (Fsp3) is 0.154.